The van der Waals surface area contributed by atoms with Gasteiger partial charge in [-0.3, -0.25) is 14.5 Å². The van der Waals surface area contributed by atoms with Crippen molar-refractivity contribution in [2.24, 2.45) is 7.05 Å². The fourth-order valence-electron chi connectivity index (χ4n) is 4.67. The van der Waals surface area contributed by atoms with Gasteiger partial charge in [-0.25, -0.2) is 0 Å². The third-order valence-electron chi connectivity index (χ3n) is 6.56. The van der Waals surface area contributed by atoms with Gasteiger partial charge in [-0.2, -0.15) is 0 Å². The van der Waals surface area contributed by atoms with Gasteiger partial charge in [0.2, 0.25) is 0 Å². The van der Waals surface area contributed by atoms with Crippen molar-refractivity contribution in [3.63, 3.8) is 0 Å². The van der Waals surface area contributed by atoms with E-state index in [0.29, 0.717) is 5.56 Å². The van der Waals surface area contributed by atoms with Crippen molar-refractivity contribution in [1.82, 2.24) is 14.8 Å². The first kappa shape index (κ1) is 22.8. The Kier molecular flexibility index (Phi) is 6.57. The topological polar surface area (TPSA) is 81.2 Å². The first-order valence-electron chi connectivity index (χ1n) is 12.0. The molecule has 180 valence electrons. The summed E-state index contributed by atoms with van der Waals surface area (Å²) in [4.78, 5) is 16.8. The molecule has 1 aliphatic carbocycles. The zero-order chi connectivity index (χ0) is 24.2. The first-order valence-corrected chi connectivity index (χ1v) is 12.0. The smallest absolute Gasteiger partial charge is 0.274 e. The Morgan fingerprint density at radius 2 is 1.91 bits per heavy atom. The number of rotatable bonds is 8. The molecule has 2 heterocycles. The average Bonchev–Trinajstić information content (AvgIpc) is 3.53. The monoisotopic (exact) mass is 470 g/mol. The van der Waals surface area contributed by atoms with E-state index in [4.69, 9.17) is 9.47 Å². The van der Waals surface area contributed by atoms with Crippen LogP contribution in [-0.4, -0.2) is 28.0 Å². The van der Waals surface area contributed by atoms with Crippen LogP contribution in [0.25, 0.3) is 11.1 Å². The van der Waals surface area contributed by atoms with Crippen molar-refractivity contribution in [3.8, 4) is 22.6 Å². The summed E-state index contributed by atoms with van der Waals surface area (Å²) >= 11 is 0. The van der Waals surface area contributed by atoms with Gasteiger partial charge in [-0.1, -0.05) is 24.3 Å². The molecule has 1 aliphatic rings. The van der Waals surface area contributed by atoms with E-state index >= 15 is 0 Å². The Morgan fingerprint density at radius 1 is 1.06 bits per heavy atom. The second kappa shape index (κ2) is 10.1. The summed E-state index contributed by atoms with van der Waals surface area (Å²) in [7, 11) is 3.38. The number of methoxy groups -OCH3 is 1. The van der Waals surface area contributed by atoms with Gasteiger partial charge in [0.05, 0.1) is 24.8 Å². The molecule has 0 radical (unpaired) electrons. The molecule has 7 heteroatoms. The average molecular weight is 471 g/mol. The third-order valence-corrected chi connectivity index (χ3v) is 6.56. The van der Waals surface area contributed by atoms with Crippen LogP contribution < -0.4 is 20.3 Å². The van der Waals surface area contributed by atoms with Crippen LogP contribution in [0, 0.1) is 0 Å². The SMILES string of the molecule is COc1ccc(C(Nc2cccc(-c3c[nH]n(C)c3=O)c2)c2cccnc2)cc1OC1CCCC1. The fraction of sp³-hybridized carbons (Fsp3) is 0.286. The van der Waals surface area contributed by atoms with E-state index in [0.717, 1.165) is 46.7 Å². The number of aromatic amines is 1. The number of pyridine rings is 1. The van der Waals surface area contributed by atoms with E-state index in [-0.39, 0.29) is 17.7 Å². The molecule has 0 spiro atoms. The highest BCUT2D eigenvalue weighted by molar-refractivity contribution is 5.67. The maximum absolute atomic E-state index is 12.5. The lowest BCUT2D eigenvalue weighted by Crippen LogP contribution is -2.15. The number of aromatic nitrogens is 3. The first-order chi connectivity index (χ1) is 17.1. The summed E-state index contributed by atoms with van der Waals surface area (Å²) in [5, 5.41) is 6.59. The fourth-order valence-corrected chi connectivity index (χ4v) is 4.67. The zero-order valence-corrected chi connectivity index (χ0v) is 20.0. The maximum Gasteiger partial charge on any atom is 0.274 e. The number of hydrogen-bond donors (Lipinski definition) is 2. The van der Waals surface area contributed by atoms with E-state index < -0.39 is 0 Å². The van der Waals surface area contributed by atoms with Gasteiger partial charge in [-0.05, 0) is 72.7 Å². The van der Waals surface area contributed by atoms with E-state index in [2.05, 4.69) is 33.6 Å². The quantitative estimate of drug-likeness (QED) is 0.365. The predicted octanol–water partition coefficient (Wildman–Crippen LogP) is 5.31. The van der Waals surface area contributed by atoms with Gasteiger partial charge in [0.1, 0.15) is 0 Å². The number of nitrogens with zero attached hydrogens (tertiary/aromatic N) is 2. The molecule has 0 aliphatic heterocycles. The van der Waals surface area contributed by atoms with E-state index in [1.807, 2.05) is 42.6 Å². The molecule has 4 aromatic rings. The second-order valence-electron chi connectivity index (χ2n) is 8.93. The van der Waals surface area contributed by atoms with Gasteiger partial charge in [0, 0.05) is 31.3 Å². The summed E-state index contributed by atoms with van der Waals surface area (Å²) in [5.41, 5.74) is 4.37. The molecule has 1 saturated carbocycles. The predicted molar refractivity (Wildman–Crippen MR) is 137 cm³/mol. The van der Waals surface area contributed by atoms with Crippen LogP contribution in [-0.2, 0) is 7.05 Å². The highest BCUT2D eigenvalue weighted by Gasteiger charge is 2.21. The lowest BCUT2D eigenvalue weighted by Gasteiger charge is -2.23. The molecular weight excluding hydrogens is 440 g/mol. The van der Waals surface area contributed by atoms with Crippen LogP contribution in [0.2, 0.25) is 0 Å². The summed E-state index contributed by atoms with van der Waals surface area (Å²) in [6, 6.07) is 17.8. The van der Waals surface area contributed by atoms with Gasteiger partial charge in [0.15, 0.2) is 11.5 Å². The Balaban J connectivity index is 1.50. The minimum atomic E-state index is -0.176. The van der Waals surface area contributed by atoms with Crippen molar-refractivity contribution in [2.75, 3.05) is 12.4 Å². The molecule has 5 rings (SSSR count). The standard InChI is InChI=1S/C28H30N4O3/c1-32-28(33)24(18-30-32)19-7-5-9-22(15-19)31-27(21-8-6-14-29-17-21)20-12-13-25(34-2)26(16-20)35-23-10-3-4-11-23/h5-9,12-18,23,27,30-31H,3-4,10-11H2,1-2H3. The summed E-state index contributed by atoms with van der Waals surface area (Å²) in [5.74, 6) is 1.49. The number of benzene rings is 2. The second-order valence-corrected chi connectivity index (χ2v) is 8.93. The number of H-pyrrole nitrogens is 1. The Morgan fingerprint density at radius 3 is 2.63 bits per heavy atom. The van der Waals surface area contributed by atoms with Gasteiger partial charge >= 0.3 is 0 Å². The molecule has 35 heavy (non-hydrogen) atoms. The van der Waals surface area contributed by atoms with Crippen LogP contribution in [0.15, 0.2) is 78.0 Å². The van der Waals surface area contributed by atoms with Crippen LogP contribution in [0.3, 0.4) is 0 Å². The highest BCUT2D eigenvalue weighted by Crippen LogP contribution is 2.36. The minimum Gasteiger partial charge on any atom is -0.493 e. The normalized spacial score (nSPS) is 14.6. The molecular formula is C28H30N4O3. The van der Waals surface area contributed by atoms with Crippen molar-refractivity contribution in [2.45, 2.75) is 37.8 Å². The number of ether oxygens (including phenoxy) is 2. The Hall–Kier alpha value is -4.00. The number of nitrogens with one attached hydrogen (secondary N) is 2. The highest BCUT2D eigenvalue weighted by atomic mass is 16.5. The molecule has 2 aromatic carbocycles. The number of hydrogen-bond acceptors (Lipinski definition) is 5. The molecule has 0 saturated heterocycles. The summed E-state index contributed by atoms with van der Waals surface area (Å²) in [6.45, 7) is 0. The summed E-state index contributed by atoms with van der Waals surface area (Å²) in [6.07, 6.45) is 10.1. The van der Waals surface area contributed by atoms with Gasteiger partial charge < -0.3 is 19.9 Å². The third kappa shape index (κ3) is 4.94. The van der Waals surface area contributed by atoms with Crippen molar-refractivity contribution in [1.29, 1.82) is 0 Å². The van der Waals surface area contributed by atoms with Crippen LogP contribution in [0.4, 0.5) is 5.69 Å². The molecule has 1 unspecified atom stereocenters. The molecule has 2 aromatic heterocycles. The zero-order valence-electron chi connectivity index (χ0n) is 20.0. The largest absolute Gasteiger partial charge is 0.493 e. The molecule has 1 atom stereocenters. The molecule has 7 nitrogen and oxygen atoms in total. The van der Waals surface area contributed by atoms with E-state index in [1.54, 1.807) is 26.6 Å². The molecule has 0 amide bonds. The minimum absolute atomic E-state index is 0.0604. The molecule has 2 N–H and O–H groups in total. The van der Waals surface area contributed by atoms with Crippen molar-refractivity contribution in [3.05, 3.63) is 94.7 Å². The lowest BCUT2D eigenvalue weighted by molar-refractivity contribution is 0.200. The lowest BCUT2D eigenvalue weighted by atomic mass is 9.98. The van der Waals surface area contributed by atoms with Crippen molar-refractivity contribution >= 4 is 5.69 Å². The Labute approximate surface area is 204 Å². The van der Waals surface area contributed by atoms with E-state index in [1.165, 1.54) is 17.5 Å². The number of aryl methyl sites for hydroxylation is 1. The van der Waals surface area contributed by atoms with Crippen LogP contribution in [0.1, 0.15) is 42.9 Å². The maximum atomic E-state index is 12.5. The van der Waals surface area contributed by atoms with Gasteiger partial charge in [0.25, 0.3) is 5.56 Å². The Bertz CT molecular complexity index is 1340. The van der Waals surface area contributed by atoms with Crippen LogP contribution >= 0.6 is 0 Å². The van der Waals surface area contributed by atoms with Crippen molar-refractivity contribution < 1.29 is 9.47 Å². The molecule has 1 fully saturated rings. The summed E-state index contributed by atoms with van der Waals surface area (Å²) < 4.78 is 13.4. The molecule has 0 bridgehead atoms. The van der Waals surface area contributed by atoms with Crippen LogP contribution in [0.5, 0.6) is 11.5 Å². The number of anilines is 1. The van der Waals surface area contributed by atoms with Gasteiger partial charge in [-0.15, -0.1) is 0 Å². The van der Waals surface area contributed by atoms with E-state index in [9.17, 15) is 4.79 Å².